The van der Waals surface area contributed by atoms with E-state index in [4.69, 9.17) is 4.52 Å². The molecule has 1 amide bonds. The second-order valence-electron chi connectivity index (χ2n) is 5.21. The molecule has 0 aliphatic heterocycles. The molecule has 0 saturated heterocycles. The lowest BCUT2D eigenvalue weighted by Gasteiger charge is -2.02. The molecule has 0 fully saturated rings. The third kappa shape index (κ3) is 2.85. The second kappa shape index (κ2) is 5.68. The van der Waals surface area contributed by atoms with Gasteiger partial charge in [0.25, 0.3) is 5.91 Å². The van der Waals surface area contributed by atoms with Crippen molar-refractivity contribution >= 4 is 11.6 Å². The van der Waals surface area contributed by atoms with E-state index in [1.807, 2.05) is 13.8 Å². The zero-order chi connectivity index (χ0) is 16.6. The van der Waals surface area contributed by atoms with Crippen molar-refractivity contribution in [2.75, 3.05) is 5.32 Å². The van der Waals surface area contributed by atoms with Gasteiger partial charge in [0.05, 0.1) is 17.1 Å². The highest BCUT2D eigenvalue weighted by Crippen LogP contribution is 2.22. The van der Waals surface area contributed by atoms with Gasteiger partial charge in [-0.1, -0.05) is 5.16 Å². The number of nitrogens with one attached hydrogen (secondary N) is 1. The zero-order valence-electron chi connectivity index (χ0n) is 12.9. The second-order valence-corrected chi connectivity index (χ2v) is 5.21. The van der Waals surface area contributed by atoms with Gasteiger partial charge >= 0.3 is 0 Å². The van der Waals surface area contributed by atoms with Crippen LogP contribution >= 0.6 is 0 Å². The molecule has 2 aromatic heterocycles. The van der Waals surface area contributed by atoms with Gasteiger partial charge in [-0.3, -0.25) is 9.48 Å². The van der Waals surface area contributed by atoms with E-state index in [1.54, 1.807) is 23.9 Å². The smallest absolute Gasteiger partial charge is 0.277 e. The average molecular weight is 314 g/mol. The molecule has 0 aliphatic rings. The number of anilines is 1. The molecule has 0 spiro atoms. The van der Waals surface area contributed by atoms with Crippen LogP contribution < -0.4 is 5.32 Å². The van der Waals surface area contributed by atoms with E-state index < -0.39 is 0 Å². The Balaban J connectivity index is 1.82. The highest BCUT2D eigenvalue weighted by molar-refractivity contribution is 6.03. The van der Waals surface area contributed by atoms with E-state index in [-0.39, 0.29) is 17.4 Å². The van der Waals surface area contributed by atoms with Crippen molar-refractivity contribution < 1.29 is 13.7 Å². The molecule has 0 unspecified atom stereocenters. The third-order valence-corrected chi connectivity index (χ3v) is 3.62. The van der Waals surface area contributed by atoms with Crippen molar-refractivity contribution in [1.29, 1.82) is 0 Å². The number of aryl methyl sites for hydroxylation is 2. The molecule has 3 aromatic rings. The first-order valence-corrected chi connectivity index (χ1v) is 7.00. The Bertz CT molecular complexity index is 865. The van der Waals surface area contributed by atoms with Gasteiger partial charge in [-0.2, -0.15) is 5.10 Å². The molecule has 1 aromatic carbocycles. The first-order valence-electron chi connectivity index (χ1n) is 7.00. The normalized spacial score (nSPS) is 10.8. The third-order valence-electron chi connectivity index (χ3n) is 3.62. The first kappa shape index (κ1) is 15.0. The summed E-state index contributed by atoms with van der Waals surface area (Å²) in [6.07, 6.45) is 0. The van der Waals surface area contributed by atoms with E-state index in [1.165, 1.54) is 18.2 Å². The fourth-order valence-corrected chi connectivity index (χ4v) is 2.26. The van der Waals surface area contributed by atoms with Gasteiger partial charge in [-0.05, 0) is 38.1 Å². The number of nitrogens with zero attached hydrogens (tertiary/aromatic N) is 3. The van der Waals surface area contributed by atoms with Crippen LogP contribution in [0.3, 0.4) is 0 Å². The minimum atomic E-state index is -0.388. The summed E-state index contributed by atoms with van der Waals surface area (Å²) < 4.78 is 19.8. The molecule has 0 radical (unpaired) electrons. The van der Waals surface area contributed by atoms with Crippen LogP contribution in [0, 0.1) is 19.7 Å². The summed E-state index contributed by atoms with van der Waals surface area (Å²) in [7, 11) is 1.81. The molecular weight excluding hydrogens is 299 g/mol. The number of hydrogen-bond acceptors (Lipinski definition) is 4. The maximum Gasteiger partial charge on any atom is 0.277 e. The molecule has 1 N–H and O–H groups in total. The Morgan fingerprint density at radius 1 is 1.26 bits per heavy atom. The monoisotopic (exact) mass is 314 g/mol. The number of rotatable bonds is 3. The topological polar surface area (TPSA) is 73.0 Å². The van der Waals surface area contributed by atoms with Gasteiger partial charge in [-0.15, -0.1) is 0 Å². The number of benzene rings is 1. The SMILES string of the molecule is Cc1nn(C)c(C)c1NC(=O)c1cc(-c2ccc(F)cc2)on1. The number of halogens is 1. The highest BCUT2D eigenvalue weighted by Gasteiger charge is 2.17. The Kier molecular flexibility index (Phi) is 3.69. The largest absolute Gasteiger partial charge is 0.355 e. The average Bonchev–Trinajstić information content (AvgIpc) is 3.09. The van der Waals surface area contributed by atoms with Crippen LogP contribution in [0.15, 0.2) is 34.9 Å². The summed E-state index contributed by atoms with van der Waals surface area (Å²) in [5.41, 5.74) is 3.02. The predicted octanol–water partition coefficient (Wildman–Crippen LogP) is 3.08. The van der Waals surface area contributed by atoms with Crippen molar-refractivity contribution in [2.24, 2.45) is 7.05 Å². The zero-order valence-corrected chi connectivity index (χ0v) is 12.9. The standard InChI is InChI=1S/C16H15FN4O2/c1-9-15(10(2)21(3)19-9)18-16(22)13-8-14(23-20-13)11-4-6-12(17)7-5-11/h4-8H,1-3H3,(H,18,22). The minimum absolute atomic E-state index is 0.145. The molecule has 118 valence electrons. The van der Waals surface area contributed by atoms with Crippen LogP contribution in [0.25, 0.3) is 11.3 Å². The van der Waals surface area contributed by atoms with Crippen LogP contribution in [-0.4, -0.2) is 20.8 Å². The molecule has 23 heavy (non-hydrogen) atoms. The molecule has 7 heteroatoms. The lowest BCUT2D eigenvalue weighted by Crippen LogP contribution is -2.13. The fourth-order valence-electron chi connectivity index (χ4n) is 2.26. The van der Waals surface area contributed by atoms with Crippen LogP contribution in [0.5, 0.6) is 0 Å². The van der Waals surface area contributed by atoms with Crippen LogP contribution in [0.2, 0.25) is 0 Å². The lowest BCUT2D eigenvalue weighted by molar-refractivity contribution is 0.101. The molecule has 0 saturated carbocycles. The van der Waals surface area contributed by atoms with Crippen LogP contribution in [0.4, 0.5) is 10.1 Å². The van der Waals surface area contributed by atoms with E-state index in [9.17, 15) is 9.18 Å². The van der Waals surface area contributed by atoms with Crippen molar-refractivity contribution in [3.63, 3.8) is 0 Å². The van der Waals surface area contributed by atoms with E-state index in [0.717, 1.165) is 11.4 Å². The summed E-state index contributed by atoms with van der Waals surface area (Å²) >= 11 is 0. The maximum atomic E-state index is 12.9. The summed E-state index contributed by atoms with van der Waals surface area (Å²) in [6, 6.07) is 7.28. The molecule has 0 bridgehead atoms. The summed E-state index contributed by atoms with van der Waals surface area (Å²) in [4.78, 5) is 12.3. The molecular formula is C16H15FN4O2. The predicted molar refractivity (Wildman–Crippen MR) is 82.5 cm³/mol. The number of hydrogen-bond donors (Lipinski definition) is 1. The van der Waals surface area contributed by atoms with Crippen molar-refractivity contribution in [2.45, 2.75) is 13.8 Å². The Morgan fingerprint density at radius 2 is 1.96 bits per heavy atom. The summed E-state index contributed by atoms with van der Waals surface area (Å²) in [6.45, 7) is 3.68. The van der Waals surface area contributed by atoms with E-state index >= 15 is 0 Å². The van der Waals surface area contributed by atoms with Gasteiger partial charge in [0.2, 0.25) is 0 Å². The molecule has 0 aliphatic carbocycles. The first-order chi connectivity index (χ1) is 11.0. The van der Waals surface area contributed by atoms with E-state index in [2.05, 4.69) is 15.6 Å². The molecule has 3 rings (SSSR count). The minimum Gasteiger partial charge on any atom is -0.355 e. The Hall–Kier alpha value is -2.96. The molecule has 6 nitrogen and oxygen atoms in total. The molecule has 2 heterocycles. The van der Waals surface area contributed by atoms with Gasteiger partial charge in [0.15, 0.2) is 11.5 Å². The quantitative estimate of drug-likeness (QED) is 0.806. The van der Waals surface area contributed by atoms with Gasteiger partial charge in [-0.25, -0.2) is 4.39 Å². The van der Waals surface area contributed by atoms with E-state index in [0.29, 0.717) is 17.0 Å². The Morgan fingerprint density at radius 3 is 2.57 bits per heavy atom. The molecule has 0 atom stereocenters. The number of aromatic nitrogens is 3. The van der Waals surface area contributed by atoms with Crippen molar-refractivity contribution in [3.8, 4) is 11.3 Å². The maximum absolute atomic E-state index is 12.9. The van der Waals surface area contributed by atoms with Gasteiger partial charge in [0, 0.05) is 18.7 Å². The van der Waals surface area contributed by atoms with Crippen molar-refractivity contribution in [1.82, 2.24) is 14.9 Å². The highest BCUT2D eigenvalue weighted by atomic mass is 19.1. The Labute approximate surface area is 131 Å². The lowest BCUT2D eigenvalue weighted by atomic mass is 10.1. The number of amides is 1. The summed E-state index contributed by atoms with van der Waals surface area (Å²) in [5.74, 6) is -0.329. The fraction of sp³-hybridized carbons (Fsp3) is 0.188. The summed E-state index contributed by atoms with van der Waals surface area (Å²) in [5, 5.41) is 10.8. The number of carbonyl (C=O) groups excluding carboxylic acids is 1. The van der Waals surface area contributed by atoms with Crippen LogP contribution in [-0.2, 0) is 7.05 Å². The van der Waals surface area contributed by atoms with Crippen LogP contribution in [0.1, 0.15) is 21.9 Å². The van der Waals surface area contributed by atoms with Crippen molar-refractivity contribution in [3.05, 3.63) is 53.2 Å². The van der Waals surface area contributed by atoms with Gasteiger partial charge < -0.3 is 9.84 Å². The number of carbonyl (C=O) groups is 1. The van der Waals surface area contributed by atoms with Gasteiger partial charge in [0.1, 0.15) is 5.82 Å².